The van der Waals surface area contributed by atoms with Gasteiger partial charge in [0, 0.05) is 6.42 Å². The third kappa shape index (κ3) is 23.3. The summed E-state index contributed by atoms with van der Waals surface area (Å²) < 4.78 is 62.0. The fourth-order valence-electron chi connectivity index (χ4n) is 6.04. The molecular formula is C47H70O12. The summed E-state index contributed by atoms with van der Waals surface area (Å²) in [7, 11) is 0. The molecule has 0 bridgehead atoms. The van der Waals surface area contributed by atoms with Gasteiger partial charge < -0.3 is 52.1 Å². The van der Waals surface area contributed by atoms with Crippen LogP contribution in [0, 0.1) is 0 Å². The predicted octanol–water partition coefficient (Wildman–Crippen LogP) is 7.05. The summed E-state index contributed by atoms with van der Waals surface area (Å²) in [6.45, 7) is 11.4. The van der Waals surface area contributed by atoms with Gasteiger partial charge in [-0.15, -0.1) is 0 Å². The minimum atomic E-state index is -0.755. The standard InChI is InChI=1S/C47H70O12/c1-2-3-4-5-15-22-46(48)58-41-39-56-37-35-54-33-31-52-29-27-50-25-23-49-24-26-51-28-30-53-32-34-55-36-38-57-40-42-59-47(43-16-9-6-10-17-43,44-18-11-7-12-19-44)45-20-13-8-14-21-45/h6-14,16-21H,2-5,15,22-42H2,1H3. The summed E-state index contributed by atoms with van der Waals surface area (Å²) in [6.07, 6.45) is 6.06. The number of carbonyl (C=O) groups excluding carboxylic acids is 1. The van der Waals surface area contributed by atoms with E-state index >= 15 is 0 Å². The van der Waals surface area contributed by atoms with Crippen molar-refractivity contribution in [3.63, 3.8) is 0 Å². The number of hydrogen-bond acceptors (Lipinski definition) is 12. The molecule has 0 radical (unpaired) electrons. The number of esters is 1. The van der Waals surface area contributed by atoms with Gasteiger partial charge in [0.15, 0.2) is 0 Å². The second-order valence-electron chi connectivity index (χ2n) is 13.5. The number of rotatable bonds is 40. The maximum absolute atomic E-state index is 11.7. The van der Waals surface area contributed by atoms with E-state index in [1.807, 2.05) is 54.6 Å². The lowest BCUT2D eigenvalue weighted by Gasteiger charge is -2.36. The van der Waals surface area contributed by atoms with Crippen molar-refractivity contribution >= 4 is 5.97 Å². The van der Waals surface area contributed by atoms with Crippen molar-refractivity contribution in [1.29, 1.82) is 0 Å². The minimum absolute atomic E-state index is 0.149. The third-order valence-corrected chi connectivity index (χ3v) is 9.04. The molecule has 0 fully saturated rings. The monoisotopic (exact) mass is 826 g/mol. The van der Waals surface area contributed by atoms with E-state index in [4.69, 9.17) is 52.1 Å². The zero-order valence-electron chi connectivity index (χ0n) is 35.4. The van der Waals surface area contributed by atoms with Crippen molar-refractivity contribution in [1.82, 2.24) is 0 Å². The van der Waals surface area contributed by atoms with Gasteiger partial charge in [-0.25, -0.2) is 0 Å². The first kappa shape index (κ1) is 50.1. The molecule has 0 amide bonds. The van der Waals surface area contributed by atoms with Crippen LogP contribution in [-0.4, -0.2) is 138 Å². The summed E-state index contributed by atoms with van der Waals surface area (Å²) in [6, 6.07) is 31.0. The number of hydrogen-bond donors (Lipinski definition) is 0. The highest BCUT2D eigenvalue weighted by Gasteiger charge is 2.37. The van der Waals surface area contributed by atoms with Crippen molar-refractivity contribution < 1.29 is 56.9 Å². The molecule has 3 aromatic rings. The Hall–Kier alpha value is -3.27. The van der Waals surface area contributed by atoms with Gasteiger partial charge in [-0.1, -0.05) is 124 Å². The molecule has 12 nitrogen and oxygen atoms in total. The highest BCUT2D eigenvalue weighted by atomic mass is 16.6. The molecule has 0 atom stereocenters. The van der Waals surface area contributed by atoms with Gasteiger partial charge in [0.05, 0.1) is 126 Å². The topological polar surface area (TPSA) is 119 Å². The molecular weight excluding hydrogens is 757 g/mol. The van der Waals surface area contributed by atoms with Crippen molar-refractivity contribution in [2.75, 3.05) is 132 Å². The molecule has 330 valence electrons. The van der Waals surface area contributed by atoms with Crippen LogP contribution in [-0.2, 0) is 62.5 Å². The highest BCUT2D eigenvalue weighted by Crippen LogP contribution is 2.40. The zero-order valence-corrected chi connectivity index (χ0v) is 35.4. The minimum Gasteiger partial charge on any atom is -0.463 e. The molecule has 0 spiro atoms. The molecule has 0 heterocycles. The Morgan fingerprint density at radius 2 is 0.661 bits per heavy atom. The Labute approximate surface area is 353 Å². The van der Waals surface area contributed by atoms with Crippen LogP contribution in [0.1, 0.15) is 62.1 Å². The number of ether oxygens (including phenoxy) is 11. The molecule has 0 saturated carbocycles. The first-order valence-electron chi connectivity index (χ1n) is 21.4. The predicted molar refractivity (Wildman–Crippen MR) is 227 cm³/mol. The largest absolute Gasteiger partial charge is 0.463 e. The van der Waals surface area contributed by atoms with Gasteiger partial charge in [0.2, 0.25) is 0 Å². The van der Waals surface area contributed by atoms with Gasteiger partial charge in [-0.05, 0) is 23.1 Å². The molecule has 0 aliphatic carbocycles. The summed E-state index contributed by atoms with van der Waals surface area (Å²) in [5, 5.41) is 0. The van der Waals surface area contributed by atoms with Gasteiger partial charge in [0.25, 0.3) is 0 Å². The van der Waals surface area contributed by atoms with Crippen molar-refractivity contribution in [3.05, 3.63) is 108 Å². The Balaban J connectivity index is 1.03. The average Bonchev–Trinajstić information content (AvgIpc) is 3.27. The fourth-order valence-corrected chi connectivity index (χ4v) is 6.04. The SMILES string of the molecule is CCCCCCCC(=O)OCCOCCOCCOCCOCCOCCOCCOCCOCCOCCOC(c1ccccc1)(c1ccccc1)c1ccccc1. The van der Waals surface area contributed by atoms with Crippen LogP contribution in [0.15, 0.2) is 91.0 Å². The molecule has 12 heteroatoms. The Morgan fingerprint density at radius 3 is 0.983 bits per heavy atom. The van der Waals surface area contributed by atoms with Crippen LogP contribution in [0.4, 0.5) is 0 Å². The second-order valence-corrected chi connectivity index (χ2v) is 13.5. The third-order valence-electron chi connectivity index (χ3n) is 9.04. The van der Waals surface area contributed by atoms with E-state index in [-0.39, 0.29) is 12.6 Å². The molecule has 3 rings (SSSR count). The molecule has 0 aliphatic rings. The number of benzene rings is 3. The summed E-state index contributed by atoms with van der Waals surface area (Å²) in [4.78, 5) is 11.7. The molecule has 0 unspecified atom stereocenters. The van der Waals surface area contributed by atoms with Crippen LogP contribution >= 0.6 is 0 Å². The maximum atomic E-state index is 11.7. The van der Waals surface area contributed by atoms with Crippen LogP contribution in [0.2, 0.25) is 0 Å². The number of unbranched alkanes of at least 4 members (excludes halogenated alkanes) is 4. The molecule has 59 heavy (non-hydrogen) atoms. The second kappa shape index (κ2) is 35.5. The van der Waals surface area contributed by atoms with E-state index in [0.29, 0.717) is 132 Å². The van der Waals surface area contributed by atoms with Gasteiger partial charge in [-0.2, -0.15) is 0 Å². The van der Waals surface area contributed by atoms with Gasteiger partial charge in [0.1, 0.15) is 12.2 Å². The van der Waals surface area contributed by atoms with Crippen LogP contribution in [0.25, 0.3) is 0 Å². The van der Waals surface area contributed by atoms with E-state index in [1.54, 1.807) is 0 Å². The molecule has 0 N–H and O–H groups in total. The van der Waals surface area contributed by atoms with E-state index in [1.165, 1.54) is 19.3 Å². The summed E-state index contributed by atoms with van der Waals surface area (Å²) in [5.74, 6) is -0.149. The van der Waals surface area contributed by atoms with E-state index in [0.717, 1.165) is 29.5 Å². The Morgan fingerprint density at radius 1 is 0.373 bits per heavy atom. The number of carbonyl (C=O) groups is 1. The maximum Gasteiger partial charge on any atom is 0.305 e. The van der Waals surface area contributed by atoms with Gasteiger partial charge >= 0.3 is 5.97 Å². The van der Waals surface area contributed by atoms with Crippen molar-refractivity contribution in [2.45, 2.75) is 51.0 Å². The zero-order chi connectivity index (χ0) is 41.6. The highest BCUT2D eigenvalue weighted by molar-refractivity contribution is 5.69. The molecule has 3 aromatic carbocycles. The Kier molecular flexibility index (Phi) is 30.1. The van der Waals surface area contributed by atoms with Crippen molar-refractivity contribution in [3.8, 4) is 0 Å². The van der Waals surface area contributed by atoms with E-state index in [2.05, 4.69) is 43.3 Å². The molecule has 0 aliphatic heterocycles. The average molecular weight is 827 g/mol. The lowest BCUT2D eigenvalue weighted by molar-refractivity contribution is -0.145. The quantitative estimate of drug-likeness (QED) is 0.0332. The lowest BCUT2D eigenvalue weighted by atomic mass is 9.80. The Bertz CT molecular complexity index is 1270. The van der Waals surface area contributed by atoms with E-state index < -0.39 is 5.60 Å². The molecule has 0 aromatic heterocycles. The van der Waals surface area contributed by atoms with Crippen LogP contribution < -0.4 is 0 Å². The van der Waals surface area contributed by atoms with Crippen molar-refractivity contribution in [2.24, 2.45) is 0 Å². The lowest BCUT2D eigenvalue weighted by Crippen LogP contribution is -2.34. The first-order valence-corrected chi connectivity index (χ1v) is 21.4. The van der Waals surface area contributed by atoms with Crippen LogP contribution in [0.5, 0.6) is 0 Å². The van der Waals surface area contributed by atoms with Crippen LogP contribution in [0.3, 0.4) is 0 Å². The summed E-state index contributed by atoms with van der Waals surface area (Å²) >= 11 is 0. The fraction of sp³-hybridized carbons (Fsp3) is 0.596. The summed E-state index contributed by atoms with van der Waals surface area (Å²) in [5.41, 5.74) is 2.44. The van der Waals surface area contributed by atoms with E-state index in [9.17, 15) is 4.79 Å². The van der Waals surface area contributed by atoms with Gasteiger partial charge in [-0.3, -0.25) is 4.79 Å². The molecule has 0 saturated heterocycles. The first-order chi connectivity index (χ1) is 29.3. The normalized spacial score (nSPS) is 11.6. The smallest absolute Gasteiger partial charge is 0.305 e.